The highest BCUT2D eigenvalue weighted by Crippen LogP contribution is 2.16. The van der Waals surface area contributed by atoms with Gasteiger partial charge < -0.3 is 5.11 Å². The summed E-state index contributed by atoms with van der Waals surface area (Å²) < 4.78 is 24.6. The fraction of sp³-hybridized carbons (Fsp3) is 0.533. The van der Waals surface area contributed by atoms with Crippen molar-refractivity contribution < 1.29 is 18.3 Å². The second-order valence-electron chi connectivity index (χ2n) is 5.24. The lowest BCUT2D eigenvalue weighted by atomic mass is 10.1. The van der Waals surface area contributed by atoms with Crippen molar-refractivity contribution in [3.63, 3.8) is 0 Å². The molecule has 1 aromatic rings. The number of carboxylic acids is 1. The average molecular weight is 298 g/mol. The number of hydrogen-bond acceptors (Lipinski definition) is 3. The number of rotatable bonds is 8. The average Bonchev–Trinajstić information content (AvgIpc) is 2.36. The molecule has 0 fully saturated rings. The Bertz CT molecular complexity index is 522. The van der Waals surface area contributed by atoms with E-state index in [9.17, 15) is 18.3 Å². The minimum atomic E-state index is -3.64. The smallest absolute Gasteiger partial charge is 0.322 e. The van der Waals surface area contributed by atoms with E-state index in [1.54, 1.807) is 24.3 Å². The molecule has 0 aliphatic heterocycles. The largest absolute Gasteiger partial charge is 0.480 e. The topological polar surface area (TPSA) is 71.4 Å². The zero-order valence-electron chi connectivity index (χ0n) is 12.0. The summed E-state index contributed by atoms with van der Waals surface area (Å²) in [5.41, 5.74) is 0.728. The summed E-state index contributed by atoms with van der Waals surface area (Å²) in [5.74, 6) is -1.34. The molecule has 0 radical (unpaired) electrons. The van der Waals surface area contributed by atoms with Crippen molar-refractivity contribution in [2.24, 2.45) is 5.92 Å². The van der Waals surface area contributed by atoms with Crippen LogP contribution in [-0.2, 0) is 21.1 Å². The lowest BCUT2D eigenvalue weighted by Gasteiger charge is -2.17. The summed E-state index contributed by atoms with van der Waals surface area (Å²) in [7, 11) is -3.64. The molecule has 2 atom stereocenters. The number of hydrogen-bond donors (Lipinski definition) is 1. The highest BCUT2D eigenvalue weighted by Gasteiger charge is 2.33. The van der Waals surface area contributed by atoms with Crippen molar-refractivity contribution in [2.75, 3.05) is 5.75 Å². The Balaban J connectivity index is 2.87. The van der Waals surface area contributed by atoms with Gasteiger partial charge in [0.05, 0.1) is 5.75 Å². The fourth-order valence-corrected chi connectivity index (χ4v) is 4.23. The Hall–Kier alpha value is -1.36. The van der Waals surface area contributed by atoms with Gasteiger partial charge in [0.1, 0.15) is 0 Å². The monoisotopic (exact) mass is 298 g/mol. The molecule has 5 heteroatoms. The quantitative estimate of drug-likeness (QED) is 0.800. The van der Waals surface area contributed by atoms with E-state index in [4.69, 9.17) is 0 Å². The maximum Gasteiger partial charge on any atom is 0.322 e. The van der Waals surface area contributed by atoms with Crippen LogP contribution in [0.3, 0.4) is 0 Å². The van der Waals surface area contributed by atoms with Crippen LogP contribution in [0.4, 0.5) is 0 Å². The van der Waals surface area contributed by atoms with Crippen LogP contribution in [0, 0.1) is 5.92 Å². The Morgan fingerprint density at radius 2 is 1.85 bits per heavy atom. The van der Waals surface area contributed by atoms with E-state index < -0.39 is 21.1 Å². The molecule has 0 bridgehead atoms. The van der Waals surface area contributed by atoms with Gasteiger partial charge in [-0.25, -0.2) is 8.42 Å². The second kappa shape index (κ2) is 7.43. The molecule has 0 amide bonds. The molecule has 4 nitrogen and oxygen atoms in total. The van der Waals surface area contributed by atoms with E-state index in [1.807, 2.05) is 19.9 Å². The lowest BCUT2D eigenvalue weighted by Crippen LogP contribution is -2.35. The van der Waals surface area contributed by atoms with Crippen LogP contribution < -0.4 is 0 Å². The number of benzene rings is 1. The van der Waals surface area contributed by atoms with E-state index in [-0.39, 0.29) is 18.1 Å². The first kappa shape index (κ1) is 16.7. The molecule has 0 aliphatic rings. The molecule has 1 N–H and O–H groups in total. The van der Waals surface area contributed by atoms with Crippen molar-refractivity contribution in [1.82, 2.24) is 0 Å². The highest BCUT2D eigenvalue weighted by molar-refractivity contribution is 7.92. The first-order valence-electron chi connectivity index (χ1n) is 6.85. The van der Waals surface area contributed by atoms with Gasteiger partial charge >= 0.3 is 5.97 Å². The zero-order chi connectivity index (χ0) is 15.2. The van der Waals surface area contributed by atoms with Crippen LogP contribution >= 0.6 is 0 Å². The van der Waals surface area contributed by atoms with Crippen LogP contribution in [0.2, 0.25) is 0 Å². The van der Waals surface area contributed by atoms with Crippen LogP contribution in [0.5, 0.6) is 0 Å². The predicted molar refractivity (Wildman–Crippen MR) is 79.4 cm³/mol. The van der Waals surface area contributed by atoms with E-state index in [0.29, 0.717) is 0 Å². The third-order valence-electron chi connectivity index (χ3n) is 3.27. The lowest BCUT2D eigenvalue weighted by molar-refractivity contribution is -0.136. The number of carbonyl (C=O) groups is 1. The Morgan fingerprint density at radius 3 is 2.35 bits per heavy atom. The minimum absolute atomic E-state index is 0.0115. The van der Waals surface area contributed by atoms with Gasteiger partial charge in [-0.3, -0.25) is 4.79 Å². The first-order valence-corrected chi connectivity index (χ1v) is 8.56. The van der Waals surface area contributed by atoms with Crippen molar-refractivity contribution in [3.05, 3.63) is 35.9 Å². The molecule has 112 valence electrons. The molecule has 1 rings (SSSR count). The fourth-order valence-electron chi connectivity index (χ4n) is 2.28. The van der Waals surface area contributed by atoms with Crippen molar-refractivity contribution in [3.8, 4) is 0 Å². The van der Waals surface area contributed by atoms with Crippen LogP contribution in [-0.4, -0.2) is 30.5 Å². The summed E-state index contributed by atoms with van der Waals surface area (Å²) in [5, 5.41) is 7.88. The van der Waals surface area contributed by atoms with E-state index in [2.05, 4.69) is 0 Å². The summed E-state index contributed by atoms with van der Waals surface area (Å²) in [4.78, 5) is 11.3. The van der Waals surface area contributed by atoms with E-state index >= 15 is 0 Å². The van der Waals surface area contributed by atoms with Gasteiger partial charge in [0, 0.05) is 0 Å². The van der Waals surface area contributed by atoms with Gasteiger partial charge in [-0.05, 0) is 17.9 Å². The molecule has 0 aromatic heterocycles. The van der Waals surface area contributed by atoms with Crippen molar-refractivity contribution >= 4 is 15.8 Å². The standard InChI is InChI=1S/C15H22O4S/c1-3-7-12(2)11-20(18,19)14(15(16)17)10-13-8-5-4-6-9-13/h4-6,8-9,12,14H,3,7,10-11H2,1-2H3,(H,16,17). The number of aliphatic carboxylic acids is 1. The van der Waals surface area contributed by atoms with E-state index in [0.717, 1.165) is 18.4 Å². The molecule has 1 aromatic carbocycles. The van der Waals surface area contributed by atoms with Gasteiger partial charge in [-0.15, -0.1) is 0 Å². The molecule has 0 heterocycles. The molecule has 0 saturated carbocycles. The Morgan fingerprint density at radius 1 is 1.25 bits per heavy atom. The SMILES string of the molecule is CCCC(C)CS(=O)(=O)C(Cc1ccccc1)C(=O)O. The van der Waals surface area contributed by atoms with Crippen molar-refractivity contribution in [1.29, 1.82) is 0 Å². The molecular weight excluding hydrogens is 276 g/mol. The zero-order valence-corrected chi connectivity index (χ0v) is 12.8. The normalized spacial score (nSPS) is 14.7. The summed E-state index contributed by atoms with van der Waals surface area (Å²) >= 11 is 0. The van der Waals surface area contributed by atoms with E-state index in [1.165, 1.54) is 0 Å². The molecular formula is C15H22O4S. The predicted octanol–water partition coefficient (Wildman–Crippen LogP) is 2.53. The van der Waals surface area contributed by atoms with Gasteiger partial charge in [-0.2, -0.15) is 0 Å². The summed E-state index contributed by atoms with van der Waals surface area (Å²) in [6, 6.07) is 8.88. The van der Waals surface area contributed by atoms with Crippen LogP contribution in [0.15, 0.2) is 30.3 Å². The van der Waals surface area contributed by atoms with Gasteiger partial charge in [0.2, 0.25) is 0 Å². The third kappa shape index (κ3) is 4.96. The van der Waals surface area contributed by atoms with Gasteiger partial charge in [0.25, 0.3) is 0 Å². The molecule has 0 spiro atoms. The Labute approximate surface area is 120 Å². The summed E-state index contributed by atoms with van der Waals surface area (Å²) in [6.07, 6.45) is 1.71. The number of carboxylic acid groups (broad SMARTS) is 1. The third-order valence-corrected chi connectivity index (χ3v) is 5.54. The highest BCUT2D eigenvalue weighted by atomic mass is 32.2. The van der Waals surface area contributed by atoms with Crippen molar-refractivity contribution in [2.45, 2.75) is 38.4 Å². The summed E-state index contributed by atoms with van der Waals surface area (Å²) in [6.45, 7) is 3.84. The van der Waals surface area contributed by atoms with Crippen LogP contribution in [0.25, 0.3) is 0 Å². The maximum atomic E-state index is 12.3. The minimum Gasteiger partial charge on any atom is -0.480 e. The molecule has 0 saturated heterocycles. The molecule has 0 aliphatic carbocycles. The molecule has 20 heavy (non-hydrogen) atoms. The maximum absolute atomic E-state index is 12.3. The number of sulfone groups is 1. The Kier molecular flexibility index (Phi) is 6.20. The van der Waals surface area contributed by atoms with Gasteiger partial charge in [-0.1, -0.05) is 57.0 Å². The van der Waals surface area contributed by atoms with Gasteiger partial charge in [0.15, 0.2) is 15.1 Å². The molecule has 2 unspecified atom stereocenters. The van der Waals surface area contributed by atoms with Crippen LogP contribution in [0.1, 0.15) is 32.3 Å². The first-order chi connectivity index (χ1) is 9.36. The second-order valence-corrected chi connectivity index (χ2v) is 7.47.